The number of guanidine groups is 1. The second-order valence-corrected chi connectivity index (χ2v) is 3.93. The molecule has 0 aromatic carbocycles. The molecule has 5 N–H and O–H groups in total. The molecule has 0 spiro atoms. The molecule has 0 aliphatic rings. The molecule has 0 rings (SSSR count). The van der Waals surface area contributed by atoms with Crippen molar-refractivity contribution in [2.24, 2.45) is 5.73 Å². The molecule has 0 aliphatic heterocycles. The highest BCUT2D eigenvalue weighted by atomic mass is 19.4. The van der Waals surface area contributed by atoms with Gasteiger partial charge in [0, 0.05) is 14.1 Å². The van der Waals surface area contributed by atoms with Crippen LogP contribution in [0.2, 0.25) is 0 Å². The second-order valence-electron chi connectivity index (χ2n) is 3.93. The Kier molecular flexibility index (Phi) is 9.14. The first kappa shape index (κ1) is 20.3. The Morgan fingerprint density at radius 2 is 1.80 bits per heavy atom. The zero-order chi connectivity index (χ0) is 16.5. The van der Waals surface area contributed by atoms with Crippen LogP contribution in [0.15, 0.2) is 0 Å². The number of nitrogens with two attached hydrogens (primary N) is 1. The van der Waals surface area contributed by atoms with Gasteiger partial charge in [0.2, 0.25) is 5.91 Å². The van der Waals surface area contributed by atoms with Gasteiger partial charge in [-0.05, 0) is 6.42 Å². The van der Waals surface area contributed by atoms with Crippen LogP contribution in [0, 0.1) is 5.41 Å². The van der Waals surface area contributed by atoms with E-state index in [4.69, 9.17) is 21.0 Å². The maximum absolute atomic E-state index is 11.5. The van der Waals surface area contributed by atoms with Crippen LogP contribution in [0.3, 0.4) is 0 Å². The number of nitrogens with zero attached hydrogens (tertiary/aromatic N) is 1. The van der Waals surface area contributed by atoms with Gasteiger partial charge in [-0.25, -0.2) is 4.79 Å². The van der Waals surface area contributed by atoms with Crippen molar-refractivity contribution in [3.63, 3.8) is 0 Å². The lowest BCUT2D eigenvalue weighted by molar-refractivity contribution is -0.192. The van der Waals surface area contributed by atoms with Crippen molar-refractivity contribution in [2.45, 2.75) is 32.0 Å². The normalized spacial score (nSPS) is 11.7. The van der Waals surface area contributed by atoms with Gasteiger partial charge in [0.1, 0.15) is 6.04 Å². The summed E-state index contributed by atoms with van der Waals surface area (Å²) in [5.74, 6) is -2.96. The van der Waals surface area contributed by atoms with Crippen molar-refractivity contribution >= 4 is 17.8 Å². The number of alkyl halides is 3. The minimum atomic E-state index is -5.08. The molecule has 0 aliphatic carbocycles. The Balaban J connectivity index is 0. The second kappa shape index (κ2) is 8.99. The summed E-state index contributed by atoms with van der Waals surface area (Å²) in [4.78, 5) is 21.9. The average molecular weight is 300 g/mol. The highest BCUT2D eigenvalue weighted by Crippen LogP contribution is 2.13. The summed E-state index contributed by atoms with van der Waals surface area (Å²) in [5, 5.41) is 16.8. The number of carboxylic acid groups (broad SMARTS) is 1. The number of amides is 1. The Bertz CT molecular complexity index is 345. The molecule has 0 fully saturated rings. The van der Waals surface area contributed by atoms with Gasteiger partial charge in [0.25, 0.3) is 0 Å². The largest absolute Gasteiger partial charge is 0.490 e. The van der Waals surface area contributed by atoms with Crippen molar-refractivity contribution in [3.05, 3.63) is 0 Å². The number of carboxylic acids is 1. The van der Waals surface area contributed by atoms with Crippen LogP contribution in [0.1, 0.15) is 19.8 Å². The topological polar surface area (TPSA) is 120 Å². The van der Waals surface area contributed by atoms with Crippen molar-refractivity contribution < 1.29 is 27.9 Å². The van der Waals surface area contributed by atoms with E-state index in [0.29, 0.717) is 6.42 Å². The first-order valence-electron chi connectivity index (χ1n) is 5.55. The van der Waals surface area contributed by atoms with E-state index in [0.717, 1.165) is 6.42 Å². The molecule has 1 unspecified atom stereocenters. The first-order valence-corrected chi connectivity index (χ1v) is 5.55. The summed E-state index contributed by atoms with van der Waals surface area (Å²) < 4.78 is 31.7. The lowest BCUT2D eigenvalue weighted by Crippen LogP contribution is -2.48. The highest BCUT2D eigenvalue weighted by Gasteiger charge is 2.38. The summed E-state index contributed by atoms with van der Waals surface area (Å²) >= 11 is 0. The van der Waals surface area contributed by atoms with Crippen LogP contribution in [-0.2, 0) is 9.59 Å². The number of hydrogen-bond donors (Lipinski definition) is 4. The molecular weight excluding hydrogens is 281 g/mol. The lowest BCUT2D eigenvalue weighted by Gasteiger charge is -2.20. The van der Waals surface area contributed by atoms with Gasteiger partial charge in [0.05, 0.1) is 0 Å². The van der Waals surface area contributed by atoms with Gasteiger partial charge in [-0.2, -0.15) is 13.2 Å². The molecule has 1 atom stereocenters. The van der Waals surface area contributed by atoms with E-state index in [1.54, 1.807) is 14.1 Å². The van der Waals surface area contributed by atoms with Crippen molar-refractivity contribution in [3.8, 4) is 0 Å². The molecular formula is C10H19F3N4O3. The third-order valence-corrected chi connectivity index (χ3v) is 1.89. The summed E-state index contributed by atoms with van der Waals surface area (Å²) in [6, 6.07) is -0.363. The van der Waals surface area contributed by atoms with Gasteiger partial charge in [-0.1, -0.05) is 13.3 Å². The van der Waals surface area contributed by atoms with E-state index in [-0.39, 0.29) is 17.9 Å². The lowest BCUT2D eigenvalue weighted by atomic mass is 10.1. The van der Waals surface area contributed by atoms with Gasteiger partial charge >= 0.3 is 12.1 Å². The molecule has 20 heavy (non-hydrogen) atoms. The smallest absolute Gasteiger partial charge is 0.475 e. The maximum atomic E-state index is 11.5. The summed E-state index contributed by atoms with van der Waals surface area (Å²) in [5.41, 5.74) is 5.16. The molecule has 0 aromatic heterocycles. The number of carbonyl (C=O) groups is 2. The maximum Gasteiger partial charge on any atom is 0.490 e. The molecule has 10 heteroatoms. The SMILES string of the molecule is CCCC(NC(=N)N)C(=O)N(C)C.O=C(O)C(F)(F)F. The summed E-state index contributed by atoms with van der Waals surface area (Å²) in [7, 11) is 3.37. The van der Waals surface area contributed by atoms with Gasteiger partial charge in [0.15, 0.2) is 5.96 Å². The Hall–Kier alpha value is -2.00. The van der Waals surface area contributed by atoms with Gasteiger partial charge in [-0.3, -0.25) is 10.2 Å². The molecule has 1 amide bonds. The van der Waals surface area contributed by atoms with E-state index < -0.39 is 12.1 Å². The Morgan fingerprint density at radius 3 is 2.00 bits per heavy atom. The molecule has 0 heterocycles. The third-order valence-electron chi connectivity index (χ3n) is 1.89. The Morgan fingerprint density at radius 1 is 1.40 bits per heavy atom. The molecule has 0 bridgehead atoms. The molecule has 118 valence electrons. The van der Waals surface area contributed by atoms with E-state index in [1.165, 1.54) is 4.90 Å². The molecule has 0 saturated carbocycles. The molecule has 0 saturated heterocycles. The zero-order valence-corrected chi connectivity index (χ0v) is 11.4. The van der Waals surface area contributed by atoms with Crippen molar-refractivity contribution in [1.29, 1.82) is 5.41 Å². The molecule has 7 nitrogen and oxygen atoms in total. The number of hydrogen-bond acceptors (Lipinski definition) is 3. The van der Waals surface area contributed by atoms with E-state index >= 15 is 0 Å². The standard InChI is InChI=1S/C8H18N4O.C2HF3O2/c1-4-5-6(11-8(9)10)7(13)12(2)3;3-2(4,5)1(6)7/h6H,4-5H2,1-3H3,(H4,9,10,11);(H,6,7). The summed E-state index contributed by atoms with van der Waals surface area (Å²) in [6.45, 7) is 1.98. The number of likely N-dealkylation sites (N-methyl/N-ethyl adjacent to an activating group) is 1. The fraction of sp³-hybridized carbons (Fsp3) is 0.700. The number of carbonyl (C=O) groups excluding carboxylic acids is 1. The first-order chi connectivity index (χ1) is 8.93. The molecule has 0 radical (unpaired) electrons. The van der Waals surface area contributed by atoms with E-state index in [1.807, 2.05) is 6.92 Å². The van der Waals surface area contributed by atoms with E-state index in [9.17, 15) is 18.0 Å². The zero-order valence-electron chi connectivity index (χ0n) is 11.4. The van der Waals surface area contributed by atoms with Crippen molar-refractivity contribution in [2.75, 3.05) is 14.1 Å². The van der Waals surface area contributed by atoms with E-state index in [2.05, 4.69) is 5.32 Å². The summed E-state index contributed by atoms with van der Waals surface area (Å²) in [6.07, 6.45) is -3.51. The minimum Gasteiger partial charge on any atom is -0.475 e. The number of rotatable bonds is 4. The average Bonchev–Trinajstić information content (AvgIpc) is 2.26. The molecule has 0 aromatic rings. The predicted molar refractivity (Wildman–Crippen MR) is 66.1 cm³/mol. The van der Waals surface area contributed by atoms with Gasteiger partial charge < -0.3 is 21.1 Å². The minimum absolute atomic E-state index is 0.0444. The predicted octanol–water partition coefficient (Wildman–Crippen LogP) is 0.360. The highest BCUT2D eigenvalue weighted by molar-refractivity contribution is 5.86. The van der Waals surface area contributed by atoms with Crippen LogP contribution in [0.25, 0.3) is 0 Å². The fourth-order valence-electron chi connectivity index (χ4n) is 1.05. The van der Waals surface area contributed by atoms with Gasteiger partial charge in [-0.15, -0.1) is 0 Å². The van der Waals surface area contributed by atoms with Crippen LogP contribution in [0.4, 0.5) is 13.2 Å². The monoisotopic (exact) mass is 300 g/mol. The fourth-order valence-corrected chi connectivity index (χ4v) is 1.05. The number of halogens is 3. The third kappa shape index (κ3) is 9.97. The van der Waals surface area contributed by atoms with Crippen LogP contribution >= 0.6 is 0 Å². The Labute approximate surface area is 114 Å². The quantitative estimate of drug-likeness (QED) is 0.441. The van der Waals surface area contributed by atoms with Crippen LogP contribution in [-0.4, -0.2) is 54.2 Å². The number of aliphatic carboxylic acids is 1. The van der Waals surface area contributed by atoms with Crippen LogP contribution in [0.5, 0.6) is 0 Å². The number of nitrogens with one attached hydrogen (secondary N) is 2. The van der Waals surface area contributed by atoms with Crippen molar-refractivity contribution in [1.82, 2.24) is 10.2 Å². The van der Waals surface area contributed by atoms with Crippen LogP contribution < -0.4 is 11.1 Å².